The number of ether oxygens (including phenoxy) is 1. The Morgan fingerprint density at radius 1 is 1.75 bits per heavy atom. The fourth-order valence-electron chi connectivity index (χ4n) is 1.49. The number of amidine groups is 1. The van der Waals surface area contributed by atoms with Crippen LogP contribution in [0.15, 0.2) is 0 Å². The van der Waals surface area contributed by atoms with E-state index in [1.165, 1.54) is 0 Å². The summed E-state index contributed by atoms with van der Waals surface area (Å²) < 4.78 is 5.29. The molecule has 0 aromatic rings. The predicted molar refractivity (Wildman–Crippen MR) is 48.4 cm³/mol. The zero-order chi connectivity index (χ0) is 9.14. The van der Waals surface area contributed by atoms with Gasteiger partial charge < -0.3 is 10.5 Å². The van der Waals surface area contributed by atoms with Crippen molar-refractivity contribution in [1.29, 1.82) is 5.41 Å². The van der Waals surface area contributed by atoms with Gasteiger partial charge in [0, 0.05) is 12.6 Å². The summed E-state index contributed by atoms with van der Waals surface area (Å²) in [6.45, 7) is 6.43. The molecule has 2 unspecified atom stereocenters. The number of nitrogens with two attached hydrogens (primary N) is 1. The maximum Gasteiger partial charge on any atom is 0.108 e. The van der Waals surface area contributed by atoms with E-state index in [-0.39, 0.29) is 11.9 Å². The second-order valence-electron chi connectivity index (χ2n) is 3.29. The van der Waals surface area contributed by atoms with Gasteiger partial charge in [-0.25, -0.2) is 0 Å². The van der Waals surface area contributed by atoms with E-state index in [9.17, 15) is 0 Å². The van der Waals surface area contributed by atoms with Gasteiger partial charge >= 0.3 is 0 Å². The van der Waals surface area contributed by atoms with Crippen molar-refractivity contribution in [3.05, 3.63) is 0 Å². The fourth-order valence-corrected chi connectivity index (χ4v) is 1.49. The highest BCUT2D eigenvalue weighted by molar-refractivity contribution is 5.82. The number of rotatable bonds is 2. The minimum Gasteiger partial charge on any atom is -0.386 e. The van der Waals surface area contributed by atoms with E-state index in [0.29, 0.717) is 6.04 Å². The first-order valence-corrected chi connectivity index (χ1v) is 4.30. The monoisotopic (exact) mass is 171 g/mol. The Morgan fingerprint density at radius 2 is 2.42 bits per heavy atom. The highest BCUT2D eigenvalue weighted by Crippen LogP contribution is 2.09. The van der Waals surface area contributed by atoms with Gasteiger partial charge in [0.25, 0.3) is 0 Å². The van der Waals surface area contributed by atoms with Crippen LogP contribution in [-0.4, -0.2) is 42.6 Å². The topological polar surface area (TPSA) is 62.3 Å². The summed E-state index contributed by atoms with van der Waals surface area (Å²) in [6, 6.07) is 0.418. The first-order chi connectivity index (χ1) is 5.63. The molecule has 1 saturated heterocycles. The molecule has 0 aliphatic carbocycles. The van der Waals surface area contributed by atoms with Crippen molar-refractivity contribution in [3.8, 4) is 0 Å². The molecule has 12 heavy (non-hydrogen) atoms. The van der Waals surface area contributed by atoms with Crippen LogP contribution in [0.4, 0.5) is 0 Å². The van der Waals surface area contributed by atoms with Gasteiger partial charge in [0.1, 0.15) is 5.84 Å². The second kappa shape index (κ2) is 3.87. The molecule has 3 N–H and O–H groups in total. The minimum absolute atomic E-state index is 0.0453. The molecule has 2 atom stereocenters. The fraction of sp³-hybridized carbons (Fsp3) is 0.875. The standard InChI is InChI=1S/C8H17N3O/c1-6-5-12-4-3-11(6)7(2)8(9)10/h6-7H,3-5H2,1-2H3,(H3,9,10). The van der Waals surface area contributed by atoms with E-state index in [0.717, 1.165) is 19.8 Å². The maximum atomic E-state index is 7.32. The maximum absolute atomic E-state index is 7.32. The average molecular weight is 171 g/mol. The van der Waals surface area contributed by atoms with Crippen molar-refractivity contribution in [2.24, 2.45) is 5.73 Å². The molecule has 1 aliphatic heterocycles. The lowest BCUT2D eigenvalue weighted by molar-refractivity contribution is -0.00705. The zero-order valence-corrected chi connectivity index (χ0v) is 7.71. The molecule has 1 rings (SSSR count). The third-order valence-electron chi connectivity index (χ3n) is 2.37. The van der Waals surface area contributed by atoms with Gasteiger partial charge in [-0.1, -0.05) is 0 Å². The molecule has 4 heteroatoms. The molecule has 0 saturated carbocycles. The normalized spacial score (nSPS) is 28.3. The first-order valence-electron chi connectivity index (χ1n) is 4.30. The minimum atomic E-state index is 0.0453. The van der Waals surface area contributed by atoms with Crippen LogP contribution in [0.1, 0.15) is 13.8 Å². The third kappa shape index (κ3) is 1.95. The highest BCUT2D eigenvalue weighted by Gasteiger charge is 2.24. The Kier molecular flexibility index (Phi) is 3.05. The quantitative estimate of drug-likeness (QED) is 0.455. The molecule has 70 valence electrons. The number of morpholine rings is 1. The number of nitrogens with one attached hydrogen (secondary N) is 1. The van der Waals surface area contributed by atoms with Gasteiger partial charge in [-0.3, -0.25) is 10.3 Å². The third-order valence-corrected chi connectivity index (χ3v) is 2.37. The molecule has 1 aliphatic rings. The second-order valence-corrected chi connectivity index (χ2v) is 3.29. The summed E-state index contributed by atoms with van der Waals surface area (Å²) in [6.07, 6.45) is 0. The van der Waals surface area contributed by atoms with E-state index < -0.39 is 0 Å². The van der Waals surface area contributed by atoms with Crippen molar-refractivity contribution in [1.82, 2.24) is 4.90 Å². The van der Waals surface area contributed by atoms with Crippen molar-refractivity contribution in [3.63, 3.8) is 0 Å². The molecular formula is C8H17N3O. The Labute approximate surface area is 73.2 Å². The summed E-state index contributed by atoms with van der Waals surface area (Å²) in [4.78, 5) is 2.20. The molecule has 1 fully saturated rings. The van der Waals surface area contributed by atoms with E-state index in [4.69, 9.17) is 15.9 Å². The van der Waals surface area contributed by atoms with Crippen LogP contribution < -0.4 is 5.73 Å². The van der Waals surface area contributed by atoms with Gasteiger partial charge in [-0.05, 0) is 13.8 Å². The first kappa shape index (κ1) is 9.48. The Morgan fingerprint density at radius 3 is 2.92 bits per heavy atom. The van der Waals surface area contributed by atoms with Crippen molar-refractivity contribution >= 4 is 5.84 Å². The lowest BCUT2D eigenvalue weighted by Crippen LogP contribution is -2.52. The molecule has 0 radical (unpaired) electrons. The van der Waals surface area contributed by atoms with Crippen molar-refractivity contribution in [2.45, 2.75) is 25.9 Å². The van der Waals surface area contributed by atoms with Crippen LogP contribution in [0, 0.1) is 5.41 Å². The van der Waals surface area contributed by atoms with E-state index in [2.05, 4.69) is 11.8 Å². The lowest BCUT2D eigenvalue weighted by atomic mass is 10.2. The zero-order valence-electron chi connectivity index (χ0n) is 7.71. The van der Waals surface area contributed by atoms with Crippen molar-refractivity contribution in [2.75, 3.05) is 19.8 Å². The Bertz CT molecular complexity index is 172. The SMILES string of the molecule is CC1COCCN1C(C)C(=N)N. The van der Waals surface area contributed by atoms with E-state index in [1.807, 2.05) is 6.92 Å². The Balaban J connectivity index is 2.53. The molecule has 0 aromatic carbocycles. The average Bonchev–Trinajstić information content (AvgIpc) is 2.04. The van der Waals surface area contributed by atoms with Crippen LogP contribution in [0.2, 0.25) is 0 Å². The Hall–Kier alpha value is -0.610. The summed E-state index contributed by atoms with van der Waals surface area (Å²) in [7, 11) is 0. The van der Waals surface area contributed by atoms with Crippen LogP contribution >= 0.6 is 0 Å². The summed E-state index contributed by atoms with van der Waals surface area (Å²) in [5.74, 6) is 0.240. The van der Waals surface area contributed by atoms with Crippen LogP contribution in [0.25, 0.3) is 0 Å². The van der Waals surface area contributed by atoms with E-state index in [1.54, 1.807) is 0 Å². The van der Waals surface area contributed by atoms with Gasteiger partial charge in [-0.2, -0.15) is 0 Å². The molecule has 4 nitrogen and oxygen atoms in total. The van der Waals surface area contributed by atoms with Crippen LogP contribution in [-0.2, 0) is 4.74 Å². The van der Waals surface area contributed by atoms with Crippen molar-refractivity contribution < 1.29 is 4.74 Å². The van der Waals surface area contributed by atoms with Crippen LogP contribution in [0.5, 0.6) is 0 Å². The number of nitrogens with zero attached hydrogens (tertiary/aromatic N) is 1. The molecular weight excluding hydrogens is 154 g/mol. The van der Waals surface area contributed by atoms with Gasteiger partial charge in [0.05, 0.1) is 19.3 Å². The highest BCUT2D eigenvalue weighted by atomic mass is 16.5. The van der Waals surface area contributed by atoms with E-state index >= 15 is 0 Å². The molecule has 0 amide bonds. The summed E-state index contributed by atoms with van der Waals surface area (Å²) >= 11 is 0. The number of hydrogen-bond acceptors (Lipinski definition) is 3. The van der Waals surface area contributed by atoms with Crippen LogP contribution in [0.3, 0.4) is 0 Å². The van der Waals surface area contributed by atoms with Gasteiger partial charge in [0.2, 0.25) is 0 Å². The smallest absolute Gasteiger partial charge is 0.108 e. The van der Waals surface area contributed by atoms with Gasteiger partial charge in [0.15, 0.2) is 0 Å². The largest absolute Gasteiger partial charge is 0.386 e. The molecule has 0 spiro atoms. The predicted octanol–water partition coefficient (Wildman–Crippen LogP) is 0.0316. The molecule has 0 bridgehead atoms. The summed E-state index contributed by atoms with van der Waals surface area (Å²) in [5, 5.41) is 7.32. The summed E-state index contributed by atoms with van der Waals surface area (Å²) in [5.41, 5.74) is 5.43. The number of hydrogen-bond donors (Lipinski definition) is 2. The lowest BCUT2D eigenvalue weighted by Gasteiger charge is -2.37. The molecule has 0 aromatic heterocycles. The molecule has 1 heterocycles. The van der Waals surface area contributed by atoms with Gasteiger partial charge in [-0.15, -0.1) is 0 Å².